The fourth-order valence-electron chi connectivity index (χ4n) is 2.62. The van der Waals surface area contributed by atoms with Gasteiger partial charge in [-0.2, -0.15) is 0 Å². The van der Waals surface area contributed by atoms with Crippen LogP contribution in [-0.4, -0.2) is 15.5 Å². The second kappa shape index (κ2) is 7.13. The molecule has 3 rings (SSSR count). The summed E-state index contributed by atoms with van der Waals surface area (Å²) < 4.78 is 1.98. The van der Waals surface area contributed by atoms with E-state index >= 15 is 0 Å². The van der Waals surface area contributed by atoms with Crippen molar-refractivity contribution in [2.45, 2.75) is 26.8 Å². The minimum atomic E-state index is 0.0370. The van der Waals surface area contributed by atoms with Gasteiger partial charge < -0.3 is 9.88 Å². The van der Waals surface area contributed by atoms with Gasteiger partial charge in [0.15, 0.2) is 0 Å². The molecule has 0 saturated heterocycles. The van der Waals surface area contributed by atoms with E-state index in [1.807, 2.05) is 73.1 Å². The Morgan fingerprint density at radius 3 is 2.54 bits per heavy atom. The van der Waals surface area contributed by atoms with E-state index in [1.54, 1.807) is 6.33 Å². The molecule has 1 aromatic heterocycles. The molecule has 0 fully saturated rings. The predicted molar refractivity (Wildman–Crippen MR) is 95.0 cm³/mol. The minimum Gasteiger partial charge on any atom is -0.352 e. The summed E-state index contributed by atoms with van der Waals surface area (Å²) in [5.41, 5.74) is 5.34. The van der Waals surface area contributed by atoms with Crippen molar-refractivity contribution in [1.29, 1.82) is 0 Å². The van der Waals surface area contributed by atoms with E-state index in [2.05, 4.69) is 10.3 Å². The van der Waals surface area contributed by atoms with Gasteiger partial charge in [0.25, 0.3) is 0 Å². The molecule has 0 aliphatic carbocycles. The number of nitrogens with one attached hydrogen (secondary N) is 1. The molecule has 0 unspecified atom stereocenters. The van der Waals surface area contributed by atoms with Crippen LogP contribution in [0.2, 0.25) is 0 Å². The van der Waals surface area contributed by atoms with E-state index in [9.17, 15) is 4.79 Å². The highest BCUT2D eigenvalue weighted by atomic mass is 16.1. The Kier molecular flexibility index (Phi) is 4.75. The molecular formula is C20H21N3O. The molecule has 122 valence electrons. The molecule has 0 atom stereocenters. The normalized spacial score (nSPS) is 10.6. The quantitative estimate of drug-likeness (QED) is 0.784. The molecular weight excluding hydrogens is 298 g/mol. The lowest BCUT2D eigenvalue weighted by molar-refractivity contribution is -0.120. The topological polar surface area (TPSA) is 46.9 Å². The zero-order valence-electron chi connectivity index (χ0n) is 14.0. The highest BCUT2D eigenvalue weighted by molar-refractivity contribution is 5.78. The van der Waals surface area contributed by atoms with Crippen LogP contribution in [0.1, 0.15) is 22.4 Å². The maximum atomic E-state index is 12.1. The maximum absolute atomic E-state index is 12.1. The molecule has 0 aliphatic heterocycles. The van der Waals surface area contributed by atoms with Gasteiger partial charge in [0.05, 0.1) is 18.4 Å². The Bertz CT molecular complexity index is 834. The van der Waals surface area contributed by atoms with Gasteiger partial charge in [-0.1, -0.05) is 42.0 Å². The van der Waals surface area contributed by atoms with Gasteiger partial charge in [-0.25, -0.2) is 4.98 Å². The first-order valence-electron chi connectivity index (χ1n) is 8.02. The van der Waals surface area contributed by atoms with Crippen LogP contribution in [0.15, 0.2) is 61.1 Å². The lowest BCUT2D eigenvalue weighted by atomic mass is 10.1. The Morgan fingerprint density at radius 1 is 1.08 bits per heavy atom. The maximum Gasteiger partial charge on any atom is 0.224 e. The van der Waals surface area contributed by atoms with Crippen molar-refractivity contribution in [2.75, 3.05) is 0 Å². The van der Waals surface area contributed by atoms with Gasteiger partial charge in [-0.15, -0.1) is 0 Å². The van der Waals surface area contributed by atoms with Crippen molar-refractivity contribution in [1.82, 2.24) is 14.9 Å². The standard InChI is InChI=1S/C20H21N3O/c1-15-4-3-5-18(10-15)11-20(24)21-12-17-6-8-19(9-7-17)23-13-16(2)22-14-23/h3-10,13-14H,11-12H2,1-2H3,(H,21,24). The zero-order valence-corrected chi connectivity index (χ0v) is 14.0. The number of carbonyl (C=O) groups is 1. The summed E-state index contributed by atoms with van der Waals surface area (Å²) in [6, 6.07) is 16.1. The molecule has 3 aromatic rings. The molecule has 24 heavy (non-hydrogen) atoms. The van der Waals surface area contributed by atoms with Crippen molar-refractivity contribution in [3.8, 4) is 5.69 Å². The third kappa shape index (κ3) is 4.10. The first-order chi connectivity index (χ1) is 11.6. The third-order valence-corrected chi connectivity index (χ3v) is 3.88. The van der Waals surface area contributed by atoms with Crippen LogP contribution in [0.4, 0.5) is 0 Å². The van der Waals surface area contributed by atoms with Crippen molar-refractivity contribution >= 4 is 5.91 Å². The summed E-state index contributed by atoms with van der Waals surface area (Å²) in [5.74, 6) is 0.0370. The molecule has 0 radical (unpaired) electrons. The Balaban J connectivity index is 1.55. The SMILES string of the molecule is Cc1cccc(CC(=O)NCc2ccc(-n3cnc(C)c3)cc2)c1. The monoisotopic (exact) mass is 319 g/mol. The van der Waals surface area contributed by atoms with Crippen molar-refractivity contribution in [3.63, 3.8) is 0 Å². The lowest BCUT2D eigenvalue weighted by Gasteiger charge is -2.07. The van der Waals surface area contributed by atoms with Gasteiger partial charge in [0, 0.05) is 18.4 Å². The van der Waals surface area contributed by atoms with Crippen LogP contribution < -0.4 is 5.32 Å². The summed E-state index contributed by atoms with van der Waals surface area (Å²) in [5, 5.41) is 2.97. The van der Waals surface area contributed by atoms with E-state index in [4.69, 9.17) is 0 Å². The summed E-state index contributed by atoms with van der Waals surface area (Å²) >= 11 is 0. The molecule has 0 spiro atoms. The molecule has 0 bridgehead atoms. The summed E-state index contributed by atoms with van der Waals surface area (Å²) in [7, 11) is 0. The highest BCUT2D eigenvalue weighted by Gasteiger charge is 2.04. The third-order valence-electron chi connectivity index (χ3n) is 3.88. The highest BCUT2D eigenvalue weighted by Crippen LogP contribution is 2.10. The largest absolute Gasteiger partial charge is 0.352 e. The van der Waals surface area contributed by atoms with Gasteiger partial charge in [-0.3, -0.25) is 4.79 Å². The smallest absolute Gasteiger partial charge is 0.224 e. The van der Waals surface area contributed by atoms with Crippen LogP contribution in [0, 0.1) is 13.8 Å². The number of nitrogens with zero attached hydrogens (tertiary/aromatic N) is 2. The number of rotatable bonds is 5. The number of imidazole rings is 1. The van der Waals surface area contributed by atoms with Crippen LogP contribution >= 0.6 is 0 Å². The van der Waals surface area contributed by atoms with Crippen LogP contribution in [0.5, 0.6) is 0 Å². The number of aryl methyl sites for hydroxylation is 2. The average molecular weight is 319 g/mol. The molecule has 4 heteroatoms. The number of hydrogen-bond donors (Lipinski definition) is 1. The van der Waals surface area contributed by atoms with Gasteiger partial charge in [0.1, 0.15) is 0 Å². The lowest BCUT2D eigenvalue weighted by Crippen LogP contribution is -2.24. The van der Waals surface area contributed by atoms with Crippen molar-refractivity contribution in [2.24, 2.45) is 0 Å². The fraction of sp³-hybridized carbons (Fsp3) is 0.200. The summed E-state index contributed by atoms with van der Waals surface area (Å²) in [6.45, 7) is 4.53. The number of amides is 1. The van der Waals surface area contributed by atoms with Crippen molar-refractivity contribution in [3.05, 3.63) is 83.4 Å². The molecule has 1 amide bonds. The van der Waals surface area contributed by atoms with E-state index in [1.165, 1.54) is 5.56 Å². The summed E-state index contributed by atoms with van der Waals surface area (Å²) in [6.07, 6.45) is 4.20. The number of hydrogen-bond acceptors (Lipinski definition) is 2. The minimum absolute atomic E-state index is 0.0370. The molecule has 0 saturated carbocycles. The first-order valence-corrected chi connectivity index (χ1v) is 8.02. The molecule has 1 heterocycles. The predicted octanol–water partition coefficient (Wildman–Crippen LogP) is 3.35. The number of carbonyl (C=O) groups excluding carboxylic acids is 1. The number of aromatic nitrogens is 2. The Morgan fingerprint density at radius 2 is 1.88 bits per heavy atom. The van der Waals surface area contributed by atoms with E-state index < -0.39 is 0 Å². The van der Waals surface area contributed by atoms with Crippen LogP contribution in [0.25, 0.3) is 5.69 Å². The molecule has 1 N–H and O–H groups in total. The summed E-state index contributed by atoms with van der Waals surface area (Å²) in [4.78, 5) is 16.3. The van der Waals surface area contributed by atoms with Crippen molar-refractivity contribution < 1.29 is 4.79 Å². The fourth-order valence-corrected chi connectivity index (χ4v) is 2.62. The van der Waals surface area contributed by atoms with E-state index in [0.29, 0.717) is 13.0 Å². The number of benzene rings is 2. The molecule has 2 aromatic carbocycles. The first kappa shape index (κ1) is 16.0. The zero-order chi connectivity index (χ0) is 16.9. The van der Waals surface area contributed by atoms with Gasteiger partial charge >= 0.3 is 0 Å². The van der Waals surface area contributed by atoms with Crippen LogP contribution in [-0.2, 0) is 17.8 Å². The van der Waals surface area contributed by atoms with Gasteiger partial charge in [0.2, 0.25) is 5.91 Å². The van der Waals surface area contributed by atoms with E-state index in [-0.39, 0.29) is 5.91 Å². The Labute approximate surface area is 142 Å². The molecule has 0 aliphatic rings. The average Bonchev–Trinajstić information content (AvgIpc) is 3.00. The molecule has 4 nitrogen and oxygen atoms in total. The van der Waals surface area contributed by atoms with Crippen LogP contribution in [0.3, 0.4) is 0 Å². The Hall–Kier alpha value is -2.88. The second-order valence-corrected chi connectivity index (χ2v) is 6.03. The van der Waals surface area contributed by atoms with E-state index in [0.717, 1.165) is 22.5 Å². The van der Waals surface area contributed by atoms with Gasteiger partial charge in [-0.05, 0) is 37.1 Å². The second-order valence-electron chi connectivity index (χ2n) is 6.03.